The molecule has 2 heteroatoms. The lowest BCUT2D eigenvalue weighted by molar-refractivity contribution is -0.114. The lowest BCUT2D eigenvalue weighted by Crippen LogP contribution is -2.41. The standard InChI is InChI=1S/C13H21O2/c1-9(8-14)10-5-6-11-12(15)4-3-7-13(10,11)2/h4,8-12,15H,3,5-7H2,1-2H3/q+1/t9-,10-,11?,12+,13-/m1/s1. The minimum Gasteiger partial charge on any atom is -0.353 e. The van der Waals surface area contributed by atoms with Gasteiger partial charge in [-0.25, -0.2) is 0 Å². The SMILES string of the molecule is C[C@H](C=O)[C@H]1CCC2[C@@H](O)[CH+]CC[C@@]21C. The van der Waals surface area contributed by atoms with Crippen molar-refractivity contribution in [2.24, 2.45) is 23.2 Å². The molecular formula is C13H21O2+. The first-order valence-electron chi connectivity index (χ1n) is 6.06. The van der Waals surface area contributed by atoms with Crippen LogP contribution in [0.4, 0.5) is 0 Å². The third-order valence-electron chi connectivity index (χ3n) is 4.84. The molecule has 0 radical (unpaired) electrons. The Labute approximate surface area is 92.1 Å². The molecule has 0 aromatic carbocycles. The summed E-state index contributed by atoms with van der Waals surface area (Å²) < 4.78 is 0. The Hall–Kier alpha value is -0.500. The molecule has 1 N–H and O–H groups in total. The van der Waals surface area contributed by atoms with Crippen LogP contribution in [0.1, 0.15) is 39.5 Å². The number of aliphatic hydroxyl groups excluding tert-OH is 1. The van der Waals surface area contributed by atoms with Crippen molar-refractivity contribution in [3.63, 3.8) is 0 Å². The van der Waals surface area contributed by atoms with Crippen LogP contribution in [0.15, 0.2) is 0 Å². The first-order chi connectivity index (χ1) is 7.09. The number of aliphatic hydroxyl groups is 1. The molecule has 1 unspecified atom stereocenters. The Morgan fingerprint density at radius 3 is 2.93 bits per heavy atom. The van der Waals surface area contributed by atoms with Crippen molar-refractivity contribution in [2.45, 2.75) is 45.6 Å². The molecule has 0 aromatic rings. The van der Waals surface area contributed by atoms with Gasteiger partial charge >= 0.3 is 0 Å². The van der Waals surface area contributed by atoms with E-state index in [0.717, 1.165) is 32.0 Å². The van der Waals surface area contributed by atoms with Gasteiger partial charge in [-0.05, 0) is 30.6 Å². The van der Waals surface area contributed by atoms with E-state index in [4.69, 9.17) is 0 Å². The van der Waals surface area contributed by atoms with Gasteiger partial charge in [0.15, 0.2) is 6.10 Å². The van der Waals surface area contributed by atoms with Crippen LogP contribution in [0, 0.1) is 29.6 Å². The van der Waals surface area contributed by atoms with Gasteiger partial charge in [0.2, 0.25) is 0 Å². The van der Waals surface area contributed by atoms with Crippen LogP contribution in [0.25, 0.3) is 0 Å². The summed E-state index contributed by atoms with van der Waals surface area (Å²) >= 11 is 0. The Balaban J connectivity index is 2.20. The monoisotopic (exact) mass is 209 g/mol. The predicted octanol–water partition coefficient (Wildman–Crippen LogP) is 2.21. The molecule has 0 bridgehead atoms. The van der Waals surface area contributed by atoms with Crippen LogP contribution in [0.3, 0.4) is 0 Å². The second kappa shape index (κ2) is 3.82. The number of carbonyl (C=O) groups is 1. The quantitative estimate of drug-likeness (QED) is 0.559. The van der Waals surface area contributed by atoms with Crippen LogP contribution in [-0.4, -0.2) is 17.5 Å². The van der Waals surface area contributed by atoms with Crippen LogP contribution >= 0.6 is 0 Å². The molecule has 5 atom stereocenters. The fraction of sp³-hybridized carbons (Fsp3) is 0.846. The third kappa shape index (κ3) is 1.59. The summed E-state index contributed by atoms with van der Waals surface area (Å²) in [6.45, 7) is 4.29. The molecular weight excluding hydrogens is 188 g/mol. The summed E-state index contributed by atoms with van der Waals surface area (Å²) in [7, 11) is 0. The first kappa shape index (κ1) is 11.0. The highest BCUT2D eigenvalue weighted by Crippen LogP contribution is 2.57. The molecule has 2 aliphatic rings. The summed E-state index contributed by atoms with van der Waals surface area (Å²) in [4.78, 5) is 10.9. The minimum absolute atomic E-state index is 0.144. The summed E-state index contributed by atoms with van der Waals surface area (Å²) in [5, 5.41) is 9.97. The Morgan fingerprint density at radius 1 is 1.53 bits per heavy atom. The zero-order valence-corrected chi connectivity index (χ0v) is 9.65. The number of hydrogen-bond donors (Lipinski definition) is 1. The average Bonchev–Trinajstić information content (AvgIpc) is 2.56. The zero-order chi connectivity index (χ0) is 11.1. The zero-order valence-electron chi connectivity index (χ0n) is 9.65. The van der Waals surface area contributed by atoms with Gasteiger partial charge in [0, 0.05) is 11.8 Å². The highest BCUT2D eigenvalue weighted by molar-refractivity contribution is 5.53. The molecule has 84 valence electrons. The number of hydrogen-bond acceptors (Lipinski definition) is 2. The number of carbonyl (C=O) groups excluding carboxylic acids is 1. The second-order valence-corrected chi connectivity index (χ2v) is 5.56. The summed E-state index contributed by atoms with van der Waals surface area (Å²) in [6, 6.07) is 0. The first-order valence-corrected chi connectivity index (χ1v) is 6.06. The summed E-state index contributed by atoms with van der Waals surface area (Å²) in [5.41, 5.74) is 0.189. The highest BCUT2D eigenvalue weighted by atomic mass is 16.3. The normalized spacial score (nSPS) is 46.7. The van der Waals surface area contributed by atoms with Crippen molar-refractivity contribution >= 4 is 6.29 Å². The highest BCUT2D eigenvalue weighted by Gasteiger charge is 2.55. The Kier molecular flexibility index (Phi) is 2.80. The van der Waals surface area contributed by atoms with Gasteiger partial charge in [-0.15, -0.1) is 0 Å². The second-order valence-electron chi connectivity index (χ2n) is 5.56. The van der Waals surface area contributed by atoms with Crippen molar-refractivity contribution < 1.29 is 9.90 Å². The fourth-order valence-corrected chi connectivity index (χ4v) is 3.91. The minimum atomic E-state index is -0.243. The van der Waals surface area contributed by atoms with Gasteiger partial charge in [-0.1, -0.05) is 13.8 Å². The molecule has 2 saturated carbocycles. The van der Waals surface area contributed by atoms with Crippen molar-refractivity contribution in [1.82, 2.24) is 0 Å². The van der Waals surface area contributed by atoms with E-state index in [0.29, 0.717) is 11.8 Å². The van der Waals surface area contributed by atoms with Crippen LogP contribution in [0.5, 0.6) is 0 Å². The largest absolute Gasteiger partial charge is 0.353 e. The Bertz CT molecular complexity index is 251. The molecule has 2 nitrogen and oxygen atoms in total. The molecule has 0 aliphatic heterocycles. The lowest BCUT2D eigenvalue weighted by atomic mass is 9.62. The van der Waals surface area contributed by atoms with E-state index in [9.17, 15) is 9.90 Å². The van der Waals surface area contributed by atoms with Crippen molar-refractivity contribution in [3.8, 4) is 0 Å². The van der Waals surface area contributed by atoms with Gasteiger partial charge in [0.1, 0.15) is 12.7 Å². The van der Waals surface area contributed by atoms with Crippen molar-refractivity contribution in [2.75, 3.05) is 0 Å². The topological polar surface area (TPSA) is 37.3 Å². The van der Waals surface area contributed by atoms with E-state index in [2.05, 4.69) is 6.92 Å². The van der Waals surface area contributed by atoms with E-state index < -0.39 is 0 Å². The summed E-state index contributed by atoms with van der Waals surface area (Å²) in [6.07, 6.45) is 7.20. The molecule has 2 fully saturated rings. The van der Waals surface area contributed by atoms with Gasteiger partial charge < -0.3 is 9.90 Å². The number of fused-ring (bicyclic) bond motifs is 1. The van der Waals surface area contributed by atoms with E-state index >= 15 is 0 Å². The maximum absolute atomic E-state index is 10.9. The Morgan fingerprint density at radius 2 is 2.27 bits per heavy atom. The van der Waals surface area contributed by atoms with Crippen LogP contribution in [0.2, 0.25) is 0 Å². The van der Waals surface area contributed by atoms with E-state index in [1.807, 2.05) is 13.3 Å². The van der Waals surface area contributed by atoms with E-state index in [-0.39, 0.29) is 17.4 Å². The van der Waals surface area contributed by atoms with Gasteiger partial charge in [-0.3, -0.25) is 0 Å². The van der Waals surface area contributed by atoms with E-state index in [1.165, 1.54) is 0 Å². The molecule has 2 aliphatic carbocycles. The lowest BCUT2D eigenvalue weighted by Gasteiger charge is -2.40. The van der Waals surface area contributed by atoms with Crippen molar-refractivity contribution in [1.29, 1.82) is 0 Å². The maximum atomic E-state index is 10.9. The molecule has 0 aromatic heterocycles. The van der Waals surface area contributed by atoms with Crippen LogP contribution in [-0.2, 0) is 4.79 Å². The molecule has 0 spiro atoms. The molecule has 0 heterocycles. The van der Waals surface area contributed by atoms with Gasteiger partial charge in [0.25, 0.3) is 0 Å². The smallest absolute Gasteiger partial charge is 0.197 e. The molecule has 0 amide bonds. The fourth-order valence-electron chi connectivity index (χ4n) is 3.91. The average molecular weight is 209 g/mol. The van der Waals surface area contributed by atoms with E-state index in [1.54, 1.807) is 0 Å². The maximum Gasteiger partial charge on any atom is 0.197 e. The third-order valence-corrected chi connectivity index (χ3v) is 4.84. The van der Waals surface area contributed by atoms with Crippen LogP contribution < -0.4 is 0 Å². The number of rotatable bonds is 2. The number of aldehydes is 1. The van der Waals surface area contributed by atoms with Gasteiger partial charge in [-0.2, -0.15) is 0 Å². The predicted molar refractivity (Wildman–Crippen MR) is 59.1 cm³/mol. The molecule has 15 heavy (non-hydrogen) atoms. The van der Waals surface area contributed by atoms with Gasteiger partial charge in [0.05, 0.1) is 6.42 Å². The van der Waals surface area contributed by atoms with Crippen molar-refractivity contribution in [3.05, 3.63) is 6.42 Å². The summed E-state index contributed by atoms with van der Waals surface area (Å²) in [5.74, 6) is 1.01. The molecule has 0 saturated heterocycles. The molecule has 2 rings (SSSR count).